The number of hydrogen-bond donors (Lipinski definition) is 1. The normalized spacial score (nSPS) is 14.2. The van der Waals surface area contributed by atoms with E-state index in [-0.39, 0.29) is 29.6 Å². The maximum absolute atomic E-state index is 11.4. The molecule has 2 unspecified atom stereocenters. The van der Waals surface area contributed by atoms with Gasteiger partial charge in [0.05, 0.1) is 11.4 Å². The molecule has 0 spiro atoms. The van der Waals surface area contributed by atoms with E-state index in [0.29, 0.717) is 19.3 Å². The van der Waals surface area contributed by atoms with Crippen molar-refractivity contribution in [1.82, 2.24) is 0 Å². The Morgan fingerprint density at radius 3 is 1.54 bits per heavy atom. The summed E-state index contributed by atoms with van der Waals surface area (Å²) in [5, 5.41) is 8.99. The summed E-state index contributed by atoms with van der Waals surface area (Å²) < 4.78 is 34.2. The third-order valence-corrected chi connectivity index (χ3v) is 5.79. The predicted molar refractivity (Wildman–Crippen MR) is 95.5 cm³/mol. The molecular weight excluding hydrogens is 335 g/mol. The van der Waals surface area contributed by atoms with Gasteiger partial charge in [-0.05, 0) is 12.8 Å². The summed E-state index contributed by atoms with van der Waals surface area (Å²) in [5.74, 6) is 0. The smallest absolute Gasteiger partial charge is 0.748 e. The van der Waals surface area contributed by atoms with Crippen molar-refractivity contribution in [2.75, 3.05) is 0 Å². The summed E-state index contributed by atoms with van der Waals surface area (Å²) in [4.78, 5) is 0. The Morgan fingerprint density at radius 2 is 1.12 bits per heavy atom. The molecule has 24 heavy (non-hydrogen) atoms. The molecule has 4 nitrogen and oxygen atoms in total. The Labute approximate surface area is 172 Å². The van der Waals surface area contributed by atoms with Crippen molar-refractivity contribution in [1.29, 1.82) is 0 Å². The van der Waals surface area contributed by atoms with Gasteiger partial charge in [0.25, 0.3) is 0 Å². The Hall–Kier alpha value is 0.870. The first kappa shape index (κ1) is 27.1. The van der Waals surface area contributed by atoms with Crippen LogP contribution in [-0.4, -0.2) is 29.4 Å². The molecule has 0 aromatic rings. The maximum atomic E-state index is 11.4. The van der Waals surface area contributed by atoms with Crippen LogP contribution >= 0.6 is 0 Å². The summed E-state index contributed by atoms with van der Waals surface area (Å²) in [5.41, 5.74) is 0. The van der Waals surface area contributed by atoms with E-state index < -0.39 is 21.5 Å². The molecule has 0 aromatic carbocycles. The number of unbranched alkanes of at least 4 members (excludes halogenated alkanes) is 10. The molecule has 0 fully saturated rings. The van der Waals surface area contributed by atoms with Gasteiger partial charge in [0.1, 0.15) is 10.1 Å². The van der Waals surface area contributed by atoms with E-state index in [1.165, 1.54) is 32.1 Å². The molecule has 0 saturated carbocycles. The van der Waals surface area contributed by atoms with Crippen molar-refractivity contribution in [2.45, 2.75) is 115 Å². The van der Waals surface area contributed by atoms with E-state index >= 15 is 0 Å². The Balaban J connectivity index is 0. The molecule has 1 N–H and O–H groups in total. The first-order valence-electron chi connectivity index (χ1n) is 9.56. The quantitative estimate of drug-likeness (QED) is 0.254. The molecule has 6 heteroatoms. The van der Waals surface area contributed by atoms with E-state index in [4.69, 9.17) is 0 Å². The van der Waals surface area contributed by atoms with Crippen molar-refractivity contribution >= 4 is 10.1 Å². The van der Waals surface area contributed by atoms with Gasteiger partial charge >= 0.3 is 29.6 Å². The van der Waals surface area contributed by atoms with Crippen LogP contribution in [0.1, 0.15) is 104 Å². The fourth-order valence-electron chi connectivity index (χ4n) is 2.97. The Bertz CT molecular complexity index is 360. The molecule has 0 aliphatic carbocycles. The van der Waals surface area contributed by atoms with Crippen LogP contribution in [0.25, 0.3) is 0 Å². The monoisotopic (exact) mass is 372 g/mol. The molecule has 0 heterocycles. The van der Waals surface area contributed by atoms with Gasteiger partial charge in [0, 0.05) is 0 Å². The van der Waals surface area contributed by atoms with Crippen LogP contribution in [0.5, 0.6) is 0 Å². The zero-order valence-corrected chi connectivity index (χ0v) is 19.0. The van der Waals surface area contributed by atoms with Crippen LogP contribution in [0.4, 0.5) is 0 Å². The second-order valence-corrected chi connectivity index (χ2v) is 8.30. The molecule has 2 atom stereocenters. The van der Waals surface area contributed by atoms with Gasteiger partial charge in [-0.3, -0.25) is 0 Å². The zero-order valence-electron chi connectivity index (χ0n) is 16.1. The fraction of sp³-hybridized carbons (Fsp3) is 1.00. The average molecular weight is 373 g/mol. The van der Waals surface area contributed by atoms with Crippen LogP contribution in [0.3, 0.4) is 0 Å². The van der Waals surface area contributed by atoms with Crippen molar-refractivity contribution < 1.29 is 47.6 Å². The topological polar surface area (TPSA) is 77.4 Å². The number of hydrogen-bond acceptors (Lipinski definition) is 4. The van der Waals surface area contributed by atoms with E-state index in [2.05, 4.69) is 13.8 Å². The van der Waals surface area contributed by atoms with Crippen LogP contribution in [0.15, 0.2) is 0 Å². The molecule has 140 valence electrons. The van der Waals surface area contributed by atoms with Crippen molar-refractivity contribution in [3.05, 3.63) is 0 Å². The standard InChI is InChI=1S/C18H38O4S.Na/c1-3-5-7-9-11-13-15-17(19)18(23(20,21)22)16-14-12-10-8-6-4-2;/h17-19H,3-16H2,1-2H3,(H,20,21,22);/q;+1/p-1. The summed E-state index contributed by atoms with van der Waals surface area (Å²) in [7, 11) is -4.41. The van der Waals surface area contributed by atoms with Crippen LogP contribution in [-0.2, 0) is 10.1 Å². The predicted octanol–water partition coefficient (Wildman–Crippen LogP) is 1.77. The van der Waals surface area contributed by atoms with Crippen molar-refractivity contribution in [3.8, 4) is 0 Å². The van der Waals surface area contributed by atoms with Crippen molar-refractivity contribution in [2.24, 2.45) is 0 Å². The summed E-state index contributed by atoms with van der Waals surface area (Å²) in [6.07, 6.45) is 12.5. The number of rotatable bonds is 16. The van der Waals surface area contributed by atoms with Gasteiger partial charge < -0.3 is 9.66 Å². The van der Waals surface area contributed by atoms with Gasteiger partial charge in [0.15, 0.2) is 0 Å². The largest absolute Gasteiger partial charge is 1.00 e. The number of aliphatic hydroxyl groups excluding tert-OH is 1. The van der Waals surface area contributed by atoms with Gasteiger partial charge in [-0.25, -0.2) is 8.42 Å². The SMILES string of the molecule is CCCCCCCCC(O)C(CCCCCCCC)S(=O)(=O)[O-].[Na+]. The molecule has 0 bridgehead atoms. The molecule has 0 aliphatic rings. The Kier molecular flexibility index (Phi) is 19.5. The van der Waals surface area contributed by atoms with E-state index in [9.17, 15) is 18.1 Å². The first-order valence-corrected chi connectivity index (χ1v) is 11.0. The molecule has 0 aromatic heterocycles. The molecule has 0 rings (SSSR count). The molecule has 0 radical (unpaired) electrons. The first-order chi connectivity index (χ1) is 10.9. The summed E-state index contributed by atoms with van der Waals surface area (Å²) in [6, 6.07) is 0. The molecule has 0 aliphatic heterocycles. The van der Waals surface area contributed by atoms with Gasteiger partial charge in [-0.15, -0.1) is 0 Å². The van der Waals surface area contributed by atoms with Gasteiger partial charge in [0.2, 0.25) is 0 Å². The second-order valence-electron chi connectivity index (χ2n) is 6.71. The minimum absolute atomic E-state index is 0. The molecule has 0 amide bonds. The third kappa shape index (κ3) is 15.2. The van der Waals surface area contributed by atoms with E-state index in [1.54, 1.807) is 0 Å². The van der Waals surface area contributed by atoms with Crippen LogP contribution in [0, 0.1) is 0 Å². The zero-order chi connectivity index (χ0) is 17.6. The van der Waals surface area contributed by atoms with Crippen LogP contribution in [0.2, 0.25) is 0 Å². The summed E-state index contributed by atoms with van der Waals surface area (Å²) in [6.45, 7) is 4.31. The summed E-state index contributed by atoms with van der Waals surface area (Å²) >= 11 is 0. The van der Waals surface area contributed by atoms with E-state index in [1.807, 2.05) is 0 Å². The van der Waals surface area contributed by atoms with Crippen molar-refractivity contribution in [3.63, 3.8) is 0 Å². The molecule has 0 saturated heterocycles. The maximum Gasteiger partial charge on any atom is 1.00 e. The minimum Gasteiger partial charge on any atom is -0.748 e. The van der Waals surface area contributed by atoms with Gasteiger partial charge in [-0.2, -0.15) is 0 Å². The number of aliphatic hydroxyl groups is 1. The van der Waals surface area contributed by atoms with Gasteiger partial charge in [-0.1, -0.05) is 90.9 Å². The van der Waals surface area contributed by atoms with Crippen LogP contribution < -0.4 is 29.6 Å². The average Bonchev–Trinajstić information content (AvgIpc) is 2.48. The Morgan fingerprint density at radius 1 is 0.750 bits per heavy atom. The fourth-order valence-corrected chi connectivity index (χ4v) is 3.95. The third-order valence-electron chi connectivity index (χ3n) is 4.50. The van der Waals surface area contributed by atoms with E-state index in [0.717, 1.165) is 38.5 Å². The molecular formula is C18H37NaO4S. The second kappa shape index (κ2) is 17.3. The minimum atomic E-state index is -4.41.